The first-order valence-electron chi connectivity index (χ1n) is 6.41. The van der Waals surface area contributed by atoms with Gasteiger partial charge in [0.2, 0.25) is 6.10 Å². The van der Waals surface area contributed by atoms with E-state index in [1.54, 1.807) is 12.1 Å². The molecular formula is C16H13NO3S. The number of para-hydroxylation sites is 2. The summed E-state index contributed by atoms with van der Waals surface area (Å²) in [6.07, 6.45) is 2.79. The zero-order valence-corrected chi connectivity index (χ0v) is 11.9. The van der Waals surface area contributed by atoms with Crippen LogP contribution in [0.2, 0.25) is 0 Å². The van der Waals surface area contributed by atoms with Gasteiger partial charge in [0.15, 0.2) is 0 Å². The molecule has 21 heavy (non-hydrogen) atoms. The first-order valence-corrected chi connectivity index (χ1v) is 7.29. The van der Waals surface area contributed by atoms with Gasteiger partial charge < -0.3 is 14.4 Å². The minimum absolute atomic E-state index is 0.537. The summed E-state index contributed by atoms with van der Waals surface area (Å²) in [4.78, 5) is 12.1. The Kier molecular flexibility index (Phi) is 3.75. The molecule has 106 valence electrons. The molecule has 2 aromatic heterocycles. The fourth-order valence-corrected chi connectivity index (χ4v) is 2.81. The summed E-state index contributed by atoms with van der Waals surface area (Å²) >= 11 is 1.37. The van der Waals surface area contributed by atoms with Crippen molar-refractivity contribution in [2.75, 3.05) is 0 Å². The first-order chi connectivity index (χ1) is 10.3. The van der Waals surface area contributed by atoms with Crippen LogP contribution in [-0.4, -0.2) is 15.6 Å². The Hall–Kier alpha value is -2.53. The predicted octanol–water partition coefficient (Wildman–Crippen LogP) is 3.74. The molecular weight excluding hydrogens is 286 g/mol. The monoisotopic (exact) mass is 299 g/mol. The lowest BCUT2D eigenvalue weighted by molar-refractivity contribution is -0.145. The lowest BCUT2D eigenvalue weighted by atomic mass is 10.2. The standard InChI is InChI=1S/C16H13NO3S/c18-16(19)15(14-8-5-11-21-14)20-13-7-2-1-6-12(13)17-9-3-4-10-17/h1-11,15H,(H,18,19). The van der Waals surface area contributed by atoms with Gasteiger partial charge in [0.1, 0.15) is 5.75 Å². The van der Waals surface area contributed by atoms with E-state index in [1.165, 1.54) is 11.3 Å². The summed E-state index contributed by atoms with van der Waals surface area (Å²) in [6, 6.07) is 14.8. The molecule has 0 saturated carbocycles. The summed E-state index contributed by atoms with van der Waals surface area (Å²) in [5.41, 5.74) is 0.810. The molecule has 0 saturated heterocycles. The van der Waals surface area contributed by atoms with Gasteiger partial charge in [0.05, 0.1) is 10.6 Å². The molecule has 0 amide bonds. The molecule has 0 aliphatic rings. The second-order valence-electron chi connectivity index (χ2n) is 4.41. The second kappa shape index (κ2) is 5.85. The minimum Gasteiger partial charge on any atom is -0.478 e. The third-order valence-corrected chi connectivity index (χ3v) is 3.93. The summed E-state index contributed by atoms with van der Waals surface area (Å²) in [6.45, 7) is 0. The quantitative estimate of drug-likeness (QED) is 0.780. The van der Waals surface area contributed by atoms with E-state index in [-0.39, 0.29) is 0 Å². The molecule has 0 bridgehead atoms. The highest BCUT2D eigenvalue weighted by Crippen LogP contribution is 2.30. The van der Waals surface area contributed by atoms with Crippen LogP contribution in [0.5, 0.6) is 5.75 Å². The topological polar surface area (TPSA) is 51.5 Å². The van der Waals surface area contributed by atoms with Gasteiger partial charge in [0.25, 0.3) is 0 Å². The summed E-state index contributed by atoms with van der Waals surface area (Å²) in [7, 11) is 0. The molecule has 5 heteroatoms. The van der Waals surface area contributed by atoms with Crippen LogP contribution in [0.1, 0.15) is 11.0 Å². The van der Waals surface area contributed by atoms with Crippen molar-refractivity contribution in [2.45, 2.75) is 6.10 Å². The number of carbonyl (C=O) groups is 1. The van der Waals surface area contributed by atoms with Gasteiger partial charge in [-0.2, -0.15) is 0 Å². The molecule has 1 N–H and O–H groups in total. The number of aromatic nitrogens is 1. The average molecular weight is 299 g/mol. The molecule has 0 spiro atoms. The van der Waals surface area contributed by atoms with E-state index in [1.807, 2.05) is 58.7 Å². The van der Waals surface area contributed by atoms with Gasteiger partial charge in [-0.1, -0.05) is 18.2 Å². The second-order valence-corrected chi connectivity index (χ2v) is 5.39. The molecule has 2 heterocycles. The summed E-state index contributed by atoms with van der Waals surface area (Å²) in [5, 5.41) is 11.2. The van der Waals surface area contributed by atoms with Gasteiger partial charge in [-0.15, -0.1) is 11.3 Å². The highest BCUT2D eigenvalue weighted by Gasteiger charge is 2.24. The number of thiophene rings is 1. The largest absolute Gasteiger partial charge is 0.478 e. The number of nitrogens with zero attached hydrogens (tertiary/aromatic N) is 1. The molecule has 0 aliphatic carbocycles. The minimum atomic E-state index is -1.00. The number of benzene rings is 1. The van der Waals surface area contributed by atoms with Crippen molar-refractivity contribution in [3.8, 4) is 11.4 Å². The van der Waals surface area contributed by atoms with E-state index in [4.69, 9.17) is 4.74 Å². The Morgan fingerprint density at radius 3 is 2.52 bits per heavy atom. The van der Waals surface area contributed by atoms with E-state index in [2.05, 4.69) is 0 Å². The van der Waals surface area contributed by atoms with Crippen LogP contribution in [0.25, 0.3) is 5.69 Å². The van der Waals surface area contributed by atoms with Crippen molar-refractivity contribution < 1.29 is 14.6 Å². The average Bonchev–Trinajstić information content (AvgIpc) is 3.18. The fraction of sp³-hybridized carbons (Fsp3) is 0.0625. The van der Waals surface area contributed by atoms with E-state index in [0.29, 0.717) is 10.6 Å². The van der Waals surface area contributed by atoms with Crippen LogP contribution in [-0.2, 0) is 4.79 Å². The lowest BCUT2D eigenvalue weighted by Gasteiger charge is -2.17. The molecule has 1 aromatic carbocycles. The normalized spacial score (nSPS) is 12.0. The highest BCUT2D eigenvalue weighted by atomic mass is 32.1. The van der Waals surface area contributed by atoms with Crippen molar-refractivity contribution >= 4 is 17.3 Å². The molecule has 0 aliphatic heterocycles. The summed E-state index contributed by atoms with van der Waals surface area (Å²) < 4.78 is 7.66. The van der Waals surface area contributed by atoms with E-state index < -0.39 is 12.1 Å². The zero-order chi connectivity index (χ0) is 14.7. The Balaban J connectivity index is 1.96. The van der Waals surface area contributed by atoms with Crippen LogP contribution in [0.15, 0.2) is 66.3 Å². The van der Waals surface area contributed by atoms with Crippen LogP contribution in [0.4, 0.5) is 0 Å². The van der Waals surface area contributed by atoms with E-state index >= 15 is 0 Å². The number of carboxylic acids is 1. The smallest absolute Gasteiger partial charge is 0.350 e. The third-order valence-electron chi connectivity index (χ3n) is 3.02. The Morgan fingerprint density at radius 1 is 1.10 bits per heavy atom. The van der Waals surface area contributed by atoms with E-state index in [9.17, 15) is 9.90 Å². The van der Waals surface area contributed by atoms with Crippen molar-refractivity contribution in [1.82, 2.24) is 4.57 Å². The van der Waals surface area contributed by atoms with Crippen molar-refractivity contribution in [1.29, 1.82) is 0 Å². The Bertz CT molecular complexity index is 720. The number of carboxylic acid groups (broad SMARTS) is 1. The van der Waals surface area contributed by atoms with Gasteiger partial charge in [-0.3, -0.25) is 0 Å². The predicted molar refractivity (Wildman–Crippen MR) is 81.1 cm³/mol. The van der Waals surface area contributed by atoms with Crippen LogP contribution >= 0.6 is 11.3 Å². The van der Waals surface area contributed by atoms with Crippen LogP contribution in [0.3, 0.4) is 0 Å². The maximum atomic E-state index is 11.5. The number of rotatable bonds is 5. The number of aliphatic carboxylic acids is 1. The molecule has 4 nitrogen and oxygen atoms in total. The number of ether oxygens (including phenoxy) is 1. The van der Waals surface area contributed by atoms with Crippen LogP contribution in [0, 0.1) is 0 Å². The van der Waals surface area contributed by atoms with Crippen molar-refractivity contribution in [2.24, 2.45) is 0 Å². The first kappa shape index (κ1) is 13.5. The van der Waals surface area contributed by atoms with Gasteiger partial charge in [-0.25, -0.2) is 4.79 Å². The number of hydrogen-bond donors (Lipinski definition) is 1. The van der Waals surface area contributed by atoms with Gasteiger partial charge >= 0.3 is 5.97 Å². The molecule has 1 atom stereocenters. The Labute approximate surface area is 125 Å². The maximum Gasteiger partial charge on any atom is 0.350 e. The van der Waals surface area contributed by atoms with Crippen molar-refractivity contribution in [3.63, 3.8) is 0 Å². The fourth-order valence-electron chi connectivity index (χ4n) is 2.06. The SMILES string of the molecule is O=C(O)C(Oc1ccccc1-n1cccc1)c1cccs1. The molecule has 0 radical (unpaired) electrons. The molecule has 3 aromatic rings. The summed E-state index contributed by atoms with van der Waals surface area (Å²) in [5.74, 6) is -0.464. The molecule has 0 fully saturated rings. The number of hydrogen-bond acceptors (Lipinski definition) is 3. The van der Waals surface area contributed by atoms with Gasteiger partial charge in [0, 0.05) is 12.4 Å². The van der Waals surface area contributed by atoms with Gasteiger partial charge in [-0.05, 0) is 35.7 Å². The van der Waals surface area contributed by atoms with Crippen LogP contribution < -0.4 is 4.74 Å². The van der Waals surface area contributed by atoms with Crippen molar-refractivity contribution in [3.05, 3.63) is 71.2 Å². The molecule has 1 unspecified atom stereocenters. The highest BCUT2D eigenvalue weighted by molar-refractivity contribution is 7.10. The Morgan fingerprint density at radius 2 is 1.86 bits per heavy atom. The third kappa shape index (κ3) is 2.83. The lowest BCUT2D eigenvalue weighted by Crippen LogP contribution is -2.17. The zero-order valence-electron chi connectivity index (χ0n) is 11.0. The van der Waals surface area contributed by atoms with E-state index in [0.717, 1.165) is 5.69 Å². The maximum absolute atomic E-state index is 11.5. The molecule has 3 rings (SSSR count).